The quantitative estimate of drug-likeness (QED) is 0.476. The molecule has 8 heteroatoms. The summed E-state index contributed by atoms with van der Waals surface area (Å²) in [6, 6.07) is 15.1. The maximum atomic E-state index is 12.3. The molecule has 1 aromatic carbocycles. The van der Waals surface area contributed by atoms with E-state index in [4.69, 9.17) is 0 Å². The molecule has 0 radical (unpaired) electrons. The highest BCUT2D eigenvalue weighted by Crippen LogP contribution is 2.11. The minimum Gasteiger partial charge on any atom is -0.368 e. The molecule has 4 rings (SSSR count). The van der Waals surface area contributed by atoms with Gasteiger partial charge in [-0.2, -0.15) is 5.10 Å². The highest BCUT2D eigenvalue weighted by Gasteiger charge is 2.06. The molecule has 29 heavy (non-hydrogen) atoms. The maximum Gasteiger partial charge on any atom is 0.251 e. The molecule has 2 N–H and O–H groups in total. The number of benzene rings is 1. The monoisotopic (exact) mass is 387 g/mol. The molecule has 0 fully saturated rings. The summed E-state index contributed by atoms with van der Waals surface area (Å²) in [5, 5.41) is 10.3. The Labute approximate surface area is 168 Å². The van der Waals surface area contributed by atoms with Crippen molar-refractivity contribution in [2.45, 2.75) is 6.92 Å². The minimum atomic E-state index is -0.109. The third-order valence-electron chi connectivity index (χ3n) is 4.31. The number of carbonyl (C=O) groups excluding carboxylic acids is 1. The van der Waals surface area contributed by atoms with Gasteiger partial charge in [0.15, 0.2) is 5.82 Å². The predicted octanol–water partition coefficient (Wildman–Crippen LogP) is 2.60. The van der Waals surface area contributed by atoms with Gasteiger partial charge in [-0.1, -0.05) is 0 Å². The lowest BCUT2D eigenvalue weighted by Gasteiger charge is -2.10. The number of nitrogens with zero attached hydrogens (tertiary/aromatic N) is 5. The van der Waals surface area contributed by atoms with Crippen LogP contribution in [0.15, 0.2) is 73.3 Å². The molecule has 146 valence electrons. The first-order valence-corrected chi connectivity index (χ1v) is 9.30. The number of aryl methyl sites for hydroxylation is 1. The third kappa shape index (κ3) is 4.49. The number of aromatic nitrogens is 5. The van der Waals surface area contributed by atoms with Crippen molar-refractivity contribution in [2.24, 2.45) is 0 Å². The first kappa shape index (κ1) is 18.4. The van der Waals surface area contributed by atoms with Crippen molar-refractivity contribution in [2.75, 3.05) is 18.4 Å². The molecule has 0 unspecified atom stereocenters. The van der Waals surface area contributed by atoms with Crippen molar-refractivity contribution in [3.8, 4) is 11.5 Å². The van der Waals surface area contributed by atoms with Gasteiger partial charge >= 0.3 is 0 Å². The van der Waals surface area contributed by atoms with Gasteiger partial charge in [0.25, 0.3) is 5.91 Å². The van der Waals surface area contributed by atoms with Gasteiger partial charge in [0, 0.05) is 55.2 Å². The normalized spacial score (nSPS) is 10.7. The molecular weight excluding hydrogens is 366 g/mol. The smallest absolute Gasteiger partial charge is 0.251 e. The molecule has 3 heterocycles. The van der Waals surface area contributed by atoms with E-state index in [0.717, 1.165) is 5.69 Å². The topological polar surface area (TPSA) is 89.7 Å². The molecule has 0 aliphatic rings. The molecule has 0 atom stereocenters. The first-order chi connectivity index (χ1) is 14.2. The van der Waals surface area contributed by atoms with Gasteiger partial charge in [-0.3, -0.25) is 4.79 Å². The molecule has 4 aromatic rings. The second-order valence-corrected chi connectivity index (χ2v) is 6.43. The summed E-state index contributed by atoms with van der Waals surface area (Å²) >= 11 is 0. The van der Waals surface area contributed by atoms with E-state index in [1.165, 1.54) is 0 Å². The first-order valence-electron chi connectivity index (χ1n) is 9.30. The number of carbonyl (C=O) groups is 1. The Kier molecular flexibility index (Phi) is 5.33. The number of hydrogen-bond donors (Lipinski definition) is 2. The van der Waals surface area contributed by atoms with Crippen molar-refractivity contribution in [3.05, 3.63) is 84.7 Å². The van der Waals surface area contributed by atoms with Crippen LogP contribution in [0, 0.1) is 6.92 Å². The van der Waals surface area contributed by atoms with Crippen molar-refractivity contribution < 1.29 is 4.79 Å². The van der Waals surface area contributed by atoms with Gasteiger partial charge in [0.1, 0.15) is 11.6 Å². The van der Waals surface area contributed by atoms with Crippen molar-refractivity contribution >= 4 is 11.7 Å². The Morgan fingerprint density at radius 1 is 1.00 bits per heavy atom. The Balaban J connectivity index is 1.30. The highest BCUT2D eigenvalue weighted by atomic mass is 16.1. The van der Waals surface area contributed by atoms with Crippen LogP contribution in [0.25, 0.3) is 11.5 Å². The lowest BCUT2D eigenvalue weighted by atomic mass is 10.2. The number of rotatable bonds is 7. The number of nitrogens with one attached hydrogen (secondary N) is 2. The largest absolute Gasteiger partial charge is 0.368 e. The molecule has 0 spiro atoms. The standard InChI is InChI=1S/C21H21N7O/c1-16-25-19(15-20(26-16)28-14-4-9-24-28)22-10-11-23-21(29)17-5-7-18(8-6-17)27-12-2-3-13-27/h2-9,12-15H,10-11H2,1H3,(H,23,29)(H,22,25,26). The predicted molar refractivity (Wildman–Crippen MR) is 110 cm³/mol. The van der Waals surface area contributed by atoms with Crippen LogP contribution in [0.2, 0.25) is 0 Å². The van der Waals surface area contributed by atoms with Crippen LogP contribution < -0.4 is 10.6 Å². The van der Waals surface area contributed by atoms with Crippen LogP contribution >= 0.6 is 0 Å². The second-order valence-electron chi connectivity index (χ2n) is 6.43. The molecule has 0 aliphatic heterocycles. The highest BCUT2D eigenvalue weighted by molar-refractivity contribution is 5.94. The summed E-state index contributed by atoms with van der Waals surface area (Å²) in [5.41, 5.74) is 1.64. The van der Waals surface area contributed by atoms with Gasteiger partial charge < -0.3 is 15.2 Å². The number of anilines is 1. The average molecular weight is 387 g/mol. The molecule has 0 bridgehead atoms. The Bertz CT molecular complexity index is 1070. The average Bonchev–Trinajstić information content (AvgIpc) is 3.45. The fourth-order valence-electron chi connectivity index (χ4n) is 2.92. The third-order valence-corrected chi connectivity index (χ3v) is 4.31. The minimum absolute atomic E-state index is 0.109. The van der Waals surface area contributed by atoms with E-state index in [2.05, 4.69) is 25.7 Å². The van der Waals surface area contributed by atoms with Crippen molar-refractivity contribution in [3.63, 3.8) is 0 Å². The van der Waals surface area contributed by atoms with Gasteiger partial charge in [0.05, 0.1) is 0 Å². The summed E-state index contributed by atoms with van der Waals surface area (Å²) in [7, 11) is 0. The van der Waals surface area contributed by atoms with Crippen LogP contribution in [0.5, 0.6) is 0 Å². The Morgan fingerprint density at radius 3 is 2.52 bits per heavy atom. The van der Waals surface area contributed by atoms with E-state index >= 15 is 0 Å². The Hall–Kier alpha value is -3.94. The summed E-state index contributed by atoms with van der Waals surface area (Å²) in [6.45, 7) is 2.85. The van der Waals surface area contributed by atoms with Gasteiger partial charge in [-0.05, 0) is 49.4 Å². The summed E-state index contributed by atoms with van der Waals surface area (Å²) in [6.07, 6.45) is 7.46. The van der Waals surface area contributed by atoms with E-state index < -0.39 is 0 Å². The van der Waals surface area contributed by atoms with E-state index in [9.17, 15) is 4.79 Å². The van der Waals surface area contributed by atoms with Crippen LogP contribution in [-0.4, -0.2) is 43.3 Å². The molecule has 0 aliphatic carbocycles. The van der Waals surface area contributed by atoms with Crippen LogP contribution in [0.4, 0.5) is 5.82 Å². The van der Waals surface area contributed by atoms with E-state index in [1.807, 2.05) is 78.6 Å². The molecule has 0 saturated heterocycles. The molecule has 0 saturated carbocycles. The molecule has 3 aromatic heterocycles. The maximum absolute atomic E-state index is 12.3. The SMILES string of the molecule is Cc1nc(NCCNC(=O)c2ccc(-n3cccc3)cc2)cc(-n2cccn2)n1. The molecule has 8 nitrogen and oxygen atoms in total. The van der Waals surface area contributed by atoms with E-state index in [0.29, 0.717) is 36.1 Å². The van der Waals surface area contributed by atoms with Gasteiger partial charge in [0.2, 0.25) is 0 Å². The van der Waals surface area contributed by atoms with Crippen molar-refractivity contribution in [1.82, 2.24) is 29.6 Å². The summed E-state index contributed by atoms with van der Waals surface area (Å²) < 4.78 is 3.67. The van der Waals surface area contributed by atoms with Crippen LogP contribution in [-0.2, 0) is 0 Å². The fourth-order valence-corrected chi connectivity index (χ4v) is 2.92. The van der Waals surface area contributed by atoms with Gasteiger partial charge in [-0.15, -0.1) is 0 Å². The lowest BCUT2D eigenvalue weighted by Crippen LogP contribution is -2.29. The van der Waals surface area contributed by atoms with E-state index in [-0.39, 0.29) is 5.91 Å². The zero-order valence-electron chi connectivity index (χ0n) is 16.0. The number of amides is 1. The van der Waals surface area contributed by atoms with Crippen LogP contribution in [0.1, 0.15) is 16.2 Å². The summed E-state index contributed by atoms with van der Waals surface area (Å²) in [5.74, 6) is 1.92. The fraction of sp³-hybridized carbons (Fsp3) is 0.143. The van der Waals surface area contributed by atoms with Crippen LogP contribution in [0.3, 0.4) is 0 Å². The zero-order chi connectivity index (χ0) is 20.1. The van der Waals surface area contributed by atoms with Crippen molar-refractivity contribution in [1.29, 1.82) is 0 Å². The second kappa shape index (κ2) is 8.39. The van der Waals surface area contributed by atoms with E-state index in [1.54, 1.807) is 10.9 Å². The molecule has 1 amide bonds. The number of hydrogen-bond acceptors (Lipinski definition) is 5. The Morgan fingerprint density at radius 2 is 1.79 bits per heavy atom. The molecular formula is C21H21N7O. The zero-order valence-corrected chi connectivity index (χ0v) is 16.0. The van der Waals surface area contributed by atoms with Gasteiger partial charge in [-0.25, -0.2) is 14.6 Å². The summed E-state index contributed by atoms with van der Waals surface area (Å²) in [4.78, 5) is 21.1. The lowest BCUT2D eigenvalue weighted by molar-refractivity contribution is 0.0955.